The van der Waals surface area contributed by atoms with Gasteiger partial charge in [0.2, 0.25) is 5.78 Å². The fourth-order valence-corrected chi connectivity index (χ4v) is 2.50. The number of ketones is 2. The number of Topliss-reactive ketones (excluding diaryl/α,β-unsaturated/α-hetero) is 1. The smallest absolute Gasteiger partial charge is 0.288 e. The SMILES string of the molecule is O=C1C(Br)=CC(=O)c2sc([N+](=O)[O-])cc21. The Morgan fingerprint density at radius 1 is 1.40 bits per heavy atom. The van der Waals surface area contributed by atoms with Crippen molar-refractivity contribution < 1.29 is 14.5 Å². The van der Waals surface area contributed by atoms with Gasteiger partial charge in [0.1, 0.15) is 0 Å². The third-order valence-electron chi connectivity index (χ3n) is 1.84. The molecule has 0 saturated heterocycles. The second-order valence-corrected chi connectivity index (χ2v) is 4.66. The average molecular weight is 288 g/mol. The molecule has 5 nitrogen and oxygen atoms in total. The van der Waals surface area contributed by atoms with Crippen molar-refractivity contribution in [2.45, 2.75) is 0 Å². The molecule has 0 radical (unpaired) electrons. The molecule has 7 heteroatoms. The van der Waals surface area contributed by atoms with Crippen LogP contribution in [-0.2, 0) is 0 Å². The highest BCUT2D eigenvalue weighted by molar-refractivity contribution is 9.12. The van der Waals surface area contributed by atoms with Gasteiger partial charge in [0.15, 0.2) is 5.78 Å². The first-order chi connectivity index (χ1) is 7.00. The van der Waals surface area contributed by atoms with Crippen LogP contribution in [0.4, 0.5) is 5.00 Å². The maximum atomic E-state index is 11.5. The molecule has 2 rings (SSSR count). The second-order valence-electron chi connectivity index (χ2n) is 2.77. The summed E-state index contributed by atoms with van der Waals surface area (Å²) in [6.45, 7) is 0. The Kier molecular flexibility index (Phi) is 2.28. The van der Waals surface area contributed by atoms with Crippen LogP contribution in [0.1, 0.15) is 20.0 Å². The minimum atomic E-state index is -0.614. The summed E-state index contributed by atoms with van der Waals surface area (Å²) in [5.41, 5.74) is 0.103. The molecule has 0 saturated carbocycles. The number of halogens is 1. The molecule has 0 N–H and O–H groups in total. The first kappa shape index (κ1) is 10.2. The van der Waals surface area contributed by atoms with Crippen LogP contribution in [-0.4, -0.2) is 16.5 Å². The van der Waals surface area contributed by atoms with Crippen LogP contribution in [0, 0.1) is 10.1 Å². The summed E-state index contributed by atoms with van der Waals surface area (Å²) < 4.78 is 0.132. The van der Waals surface area contributed by atoms with Crippen LogP contribution in [0.15, 0.2) is 16.6 Å². The van der Waals surface area contributed by atoms with E-state index in [2.05, 4.69) is 15.9 Å². The summed E-state index contributed by atoms with van der Waals surface area (Å²) in [4.78, 5) is 32.9. The fraction of sp³-hybridized carbons (Fsp3) is 0. The molecule has 1 heterocycles. The maximum Gasteiger partial charge on any atom is 0.325 e. The molecule has 0 aromatic carbocycles. The molecule has 15 heavy (non-hydrogen) atoms. The highest BCUT2D eigenvalue weighted by atomic mass is 79.9. The second kappa shape index (κ2) is 3.35. The Morgan fingerprint density at radius 3 is 2.67 bits per heavy atom. The Hall–Kier alpha value is -1.34. The van der Waals surface area contributed by atoms with E-state index in [4.69, 9.17) is 0 Å². The van der Waals surface area contributed by atoms with Gasteiger partial charge >= 0.3 is 5.00 Å². The van der Waals surface area contributed by atoms with Crippen molar-refractivity contribution in [3.05, 3.63) is 37.2 Å². The van der Waals surface area contributed by atoms with E-state index in [1.807, 2.05) is 0 Å². The molecule has 0 bridgehead atoms. The molecule has 0 amide bonds. The van der Waals surface area contributed by atoms with Gasteiger partial charge < -0.3 is 0 Å². The van der Waals surface area contributed by atoms with Crippen LogP contribution in [0.5, 0.6) is 0 Å². The summed E-state index contributed by atoms with van der Waals surface area (Å²) in [6.07, 6.45) is 1.13. The van der Waals surface area contributed by atoms with E-state index in [1.165, 1.54) is 0 Å². The van der Waals surface area contributed by atoms with Crippen LogP contribution < -0.4 is 0 Å². The van der Waals surface area contributed by atoms with E-state index in [-0.39, 0.29) is 25.7 Å². The van der Waals surface area contributed by atoms with Crippen molar-refractivity contribution in [1.29, 1.82) is 0 Å². The van der Waals surface area contributed by atoms with Crippen LogP contribution >= 0.6 is 27.3 Å². The van der Waals surface area contributed by atoms with E-state index < -0.39 is 10.7 Å². The van der Waals surface area contributed by atoms with Gasteiger partial charge in [0.25, 0.3) is 0 Å². The number of allylic oxidation sites excluding steroid dienone is 2. The Morgan fingerprint density at radius 2 is 2.07 bits per heavy atom. The predicted octanol–water partition coefficient (Wildman–Crippen LogP) is 2.31. The van der Waals surface area contributed by atoms with Crippen molar-refractivity contribution >= 4 is 43.8 Å². The van der Waals surface area contributed by atoms with E-state index in [0.29, 0.717) is 0 Å². The Bertz CT molecular complexity index is 531. The summed E-state index contributed by atoms with van der Waals surface area (Å²) in [6, 6.07) is 1.13. The third kappa shape index (κ3) is 1.53. The zero-order chi connectivity index (χ0) is 11.2. The monoisotopic (exact) mass is 287 g/mol. The predicted molar refractivity (Wildman–Crippen MR) is 56.6 cm³/mol. The molecule has 0 fully saturated rings. The molecule has 1 aromatic heterocycles. The minimum Gasteiger partial charge on any atom is -0.288 e. The summed E-state index contributed by atoms with van der Waals surface area (Å²) >= 11 is 3.66. The summed E-state index contributed by atoms with van der Waals surface area (Å²) in [5.74, 6) is -0.775. The van der Waals surface area contributed by atoms with Gasteiger partial charge in [-0.1, -0.05) is 11.3 Å². The lowest BCUT2D eigenvalue weighted by Gasteiger charge is -2.04. The van der Waals surface area contributed by atoms with Crippen molar-refractivity contribution in [2.24, 2.45) is 0 Å². The van der Waals surface area contributed by atoms with Gasteiger partial charge in [0.05, 0.1) is 19.8 Å². The zero-order valence-corrected chi connectivity index (χ0v) is 9.42. The van der Waals surface area contributed by atoms with Crippen LogP contribution in [0.2, 0.25) is 0 Å². The molecule has 0 atom stereocenters. The molecular weight excluding hydrogens is 286 g/mol. The number of nitro groups is 1. The number of nitrogens with zero attached hydrogens (tertiary/aromatic N) is 1. The molecular formula is C8H2BrNO4S. The van der Waals surface area contributed by atoms with Crippen molar-refractivity contribution in [1.82, 2.24) is 0 Å². The normalized spacial score (nSPS) is 14.9. The van der Waals surface area contributed by atoms with Crippen LogP contribution in [0.3, 0.4) is 0 Å². The number of thiophene rings is 1. The number of hydrogen-bond donors (Lipinski definition) is 0. The van der Waals surface area contributed by atoms with Crippen LogP contribution in [0.25, 0.3) is 0 Å². The average Bonchev–Trinajstić information content (AvgIpc) is 2.59. The van der Waals surface area contributed by atoms with Gasteiger partial charge in [-0.2, -0.15) is 0 Å². The largest absolute Gasteiger partial charge is 0.325 e. The molecule has 0 aliphatic heterocycles. The molecule has 1 aliphatic carbocycles. The van der Waals surface area contributed by atoms with E-state index in [1.54, 1.807) is 0 Å². The first-order valence-electron chi connectivity index (χ1n) is 3.75. The maximum absolute atomic E-state index is 11.5. The number of carbonyl (C=O) groups is 2. The molecule has 0 spiro atoms. The Labute approximate surface area is 95.7 Å². The van der Waals surface area contributed by atoms with E-state index in [0.717, 1.165) is 23.5 Å². The standard InChI is InChI=1S/C8H2BrNO4S/c9-4-2-5(11)8-3(7(4)12)1-6(15-8)10(13)14/h1-2H. The highest BCUT2D eigenvalue weighted by Gasteiger charge is 2.30. The van der Waals surface area contributed by atoms with Gasteiger partial charge in [-0.3, -0.25) is 19.7 Å². The molecule has 1 aromatic rings. The van der Waals surface area contributed by atoms with Crippen molar-refractivity contribution in [3.8, 4) is 0 Å². The zero-order valence-electron chi connectivity index (χ0n) is 7.02. The van der Waals surface area contributed by atoms with Gasteiger partial charge in [-0.25, -0.2) is 0 Å². The summed E-state index contributed by atoms with van der Waals surface area (Å²) in [5, 5.41) is 10.3. The lowest BCUT2D eigenvalue weighted by atomic mass is 10.0. The van der Waals surface area contributed by atoms with E-state index >= 15 is 0 Å². The van der Waals surface area contributed by atoms with E-state index in [9.17, 15) is 19.7 Å². The van der Waals surface area contributed by atoms with Crippen molar-refractivity contribution in [3.63, 3.8) is 0 Å². The third-order valence-corrected chi connectivity index (χ3v) is 3.53. The van der Waals surface area contributed by atoms with Gasteiger partial charge in [0, 0.05) is 12.1 Å². The number of hydrogen-bond acceptors (Lipinski definition) is 5. The quantitative estimate of drug-likeness (QED) is 0.587. The first-order valence-corrected chi connectivity index (χ1v) is 5.36. The lowest BCUT2D eigenvalue weighted by Crippen LogP contribution is -2.10. The lowest BCUT2D eigenvalue weighted by molar-refractivity contribution is -0.380. The highest BCUT2D eigenvalue weighted by Crippen LogP contribution is 2.34. The van der Waals surface area contributed by atoms with Crippen molar-refractivity contribution in [2.75, 3.05) is 0 Å². The Balaban J connectivity index is 2.62. The fourth-order valence-electron chi connectivity index (χ4n) is 1.19. The number of rotatable bonds is 1. The van der Waals surface area contributed by atoms with Gasteiger partial charge in [-0.05, 0) is 15.9 Å². The topological polar surface area (TPSA) is 77.3 Å². The molecule has 1 aliphatic rings. The summed E-state index contributed by atoms with van der Waals surface area (Å²) in [7, 11) is 0. The molecule has 76 valence electrons. The number of fused-ring (bicyclic) bond motifs is 1. The van der Waals surface area contributed by atoms with Gasteiger partial charge in [-0.15, -0.1) is 0 Å². The number of carbonyl (C=O) groups excluding carboxylic acids is 2. The molecule has 0 unspecified atom stereocenters. The minimum absolute atomic E-state index is 0.103.